The van der Waals surface area contributed by atoms with Crippen molar-refractivity contribution >= 4 is 5.97 Å². The highest BCUT2D eigenvalue weighted by atomic mass is 16.6. The molecule has 4 heteroatoms. The summed E-state index contributed by atoms with van der Waals surface area (Å²) in [6, 6.07) is -0.171. The summed E-state index contributed by atoms with van der Waals surface area (Å²) in [5, 5.41) is 12.5. The van der Waals surface area contributed by atoms with Gasteiger partial charge in [-0.25, -0.2) is 0 Å². The highest BCUT2D eigenvalue weighted by Gasteiger charge is 2.47. The molecule has 1 heterocycles. The first-order valence-electron chi connectivity index (χ1n) is 6.48. The number of carbonyl (C=O) groups excluding carboxylic acids is 1. The Morgan fingerprint density at radius 3 is 2.71 bits per heavy atom. The van der Waals surface area contributed by atoms with Gasteiger partial charge in [0.15, 0.2) is 0 Å². The monoisotopic (exact) mass is 241 g/mol. The van der Waals surface area contributed by atoms with E-state index in [0.29, 0.717) is 17.8 Å². The van der Waals surface area contributed by atoms with Gasteiger partial charge in [0, 0.05) is 6.61 Å². The summed E-state index contributed by atoms with van der Waals surface area (Å²) in [4.78, 5) is 12.1. The molecular weight excluding hydrogens is 218 g/mol. The minimum atomic E-state index is -0.425. The predicted molar refractivity (Wildman–Crippen MR) is 64.4 cm³/mol. The molecule has 1 saturated carbocycles. The van der Waals surface area contributed by atoms with Gasteiger partial charge in [0.25, 0.3) is 0 Å². The molecule has 1 aliphatic heterocycles. The highest BCUT2D eigenvalue weighted by Crippen LogP contribution is 2.41. The molecule has 0 aromatic heterocycles. The quantitative estimate of drug-likeness (QED) is 0.706. The first-order chi connectivity index (χ1) is 7.90. The van der Waals surface area contributed by atoms with Crippen molar-refractivity contribution in [1.82, 2.24) is 5.32 Å². The molecule has 2 rings (SSSR count). The zero-order chi connectivity index (χ0) is 12.6. The zero-order valence-electron chi connectivity index (χ0n) is 10.9. The molecule has 17 heavy (non-hydrogen) atoms. The zero-order valence-corrected chi connectivity index (χ0v) is 10.9. The molecule has 98 valence electrons. The molecule has 2 N–H and O–H groups in total. The summed E-state index contributed by atoms with van der Waals surface area (Å²) in [6.45, 7) is 6.80. The maximum atomic E-state index is 12.1. The molecule has 0 aromatic rings. The summed E-state index contributed by atoms with van der Waals surface area (Å²) >= 11 is 0. The van der Waals surface area contributed by atoms with Gasteiger partial charge >= 0.3 is 5.97 Å². The van der Waals surface area contributed by atoms with E-state index in [2.05, 4.69) is 5.32 Å². The Hall–Kier alpha value is -0.610. The Balaban J connectivity index is 1.97. The van der Waals surface area contributed by atoms with Crippen molar-refractivity contribution in [3.63, 3.8) is 0 Å². The molecule has 0 radical (unpaired) electrons. The molecule has 0 amide bonds. The topological polar surface area (TPSA) is 58.6 Å². The standard InChI is InChI=1S/C13H23NO3/c1-13(2,3)17-12(16)11-10-5-8(7-15)4-9(10)6-14-11/h8-11,14-15H,4-7H2,1-3H3. The highest BCUT2D eigenvalue weighted by molar-refractivity contribution is 5.77. The average molecular weight is 241 g/mol. The van der Waals surface area contributed by atoms with Crippen LogP contribution in [0.4, 0.5) is 0 Å². The van der Waals surface area contributed by atoms with Gasteiger partial charge in [-0.15, -0.1) is 0 Å². The van der Waals surface area contributed by atoms with Gasteiger partial charge in [0.05, 0.1) is 0 Å². The van der Waals surface area contributed by atoms with Crippen molar-refractivity contribution in [3.05, 3.63) is 0 Å². The van der Waals surface area contributed by atoms with Gasteiger partial charge in [-0.2, -0.15) is 0 Å². The Labute approximate surface area is 103 Å². The number of fused-ring (bicyclic) bond motifs is 1. The van der Waals surface area contributed by atoms with Gasteiger partial charge < -0.3 is 15.2 Å². The summed E-state index contributed by atoms with van der Waals surface area (Å²) in [5.74, 6) is 1.12. The molecule has 0 aromatic carbocycles. The number of aliphatic hydroxyl groups excluding tert-OH is 1. The number of rotatable bonds is 2. The molecule has 4 unspecified atom stereocenters. The molecule has 2 fully saturated rings. The fourth-order valence-electron chi connectivity index (χ4n) is 3.12. The number of hydrogen-bond donors (Lipinski definition) is 2. The molecule has 1 saturated heterocycles. The maximum Gasteiger partial charge on any atom is 0.323 e. The molecule has 4 atom stereocenters. The smallest absolute Gasteiger partial charge is 0.323 e. The van der Waals surface area contributed by atoms with E-state index in [1.807, 2.05) is 20.8 Å². The molecule has 1 aliphatic carbocycles. The number of nitrogens with one attached hydrogen (secondary N) is 1. The average Bonchev–Trinajstić information content (AvgIpc) is 2.71. The second-order valence-corrected chi connectivity index (χ2v) is 6.36. The fourth-order valence-corrected chi connectivity index (χ4v) is 3.12. The third-order valence-corrected chi connectivity index (χ3v) is 3.79. The fraction of sp³-hybridized carbons (Fsp3) is 0.923. The van der Waals surface area contributed by atoms with Crippen LogP contribution in [0.5, 0.6) is 0 Å². The second-order valence-electron chi connectivity index (χ2n) is 6.36. The molecular formula is C13H23NO3. The summed E-state index contributed by atoms with van der Waals surface area (Å²) in [5.41, 5.74) is -0.425. The summed E-state index contributed by atoms with van der Waals surface area (Å²) in [6.07, 6.45) is 1.98. The number of ether oxygens (including phenoxy) is 1. The van der Waals surface area contributed by atoms with E-state index < -0.39 is 5.60 Å². The van der Waals surface area contributed by atoms with Crippen LogP contribution in [0.25, 0.3) is 0 Å². The van der Waals surface area contributed by atoms with Crippen molar-refractivity contribution in [2.45, 2.75) is 45.3 Å². The minimum Gasteiger partial charge on any atom is -0.459 e. The second kappa shape index (κ2) is 4.58. The third kappa shape index (κ3) is 2.80. The van der Waals surface area contributed by atoms with E-state index in [9.17, 15) is 9.90 Å². The summed E-state index contributed by atoms with van der Waals surface area (Å²) in [7, 11) is 0. The van der Waals surface area contributed by atoms with Gasteiger partial charge in [-0.05, 0) is 57.9 Å². The Kier molecular flexibility index (Phi) is 3.46. The van der Waals surface area contributed by atoms with Gasteiger partial charge in [0.2, 0.25) is 0 Å². The van der Waals surface area contributed by atoms with Crippen molar-refractivity contribution in [2.24, 2.45) is 17.8 Å². The van der Waals surface area contributed by atoms with Gasteiger partial charge in [0.1, 0.15) is 11.6 Å². The Bertz CT molecular complexity index is 298. The largest absolute Gasteiger partial charge is 0.459 e. The van der Waals surface area contributed by atoms with Crippen molar-refractivity contribution in [2.75, 3.05) is 13.2 Å². The van der Waals surface area contributed by atoms with Gasteiger partial charge in [-0.1, -0.05) is 0 Å². The molecule has 4 nitrogen and oxygen atoms in total. The maximum absolute atomic E-state index is 12.1. The SMILES string of the molecule is CC(C)(C)OC(=O)C1NCC2CC(CO)CC21. The van der Waals surface area contributed by atoms with Crippen molar-refractivity contribution in [3.8, 4) is 0 Å². The summed E-state index contributed by atoms with van der Waals surface area (Å²) < 4.78 is 5.43. The van der Waals surface area contributed by atoms with E-state index in [1.54, 1.807) is 0 Å². The van der Waals surface area contributed by atoms with Crippen LogP contribution in [0, 0.1) is 17.8 Å². The Morgan fingerprint density at radius 2 is 2.12 bits per heavy atom. The third-order valence-electron chi connectivity index (χ3n) is 3.79. The number of esters is 1. The first kappa shape index (κ1) is 12.8. The van der Waals surface area contributed by atoms with Crippen molar-refractivity contribution in [1.29, 1.82) is 0 Å². The normalized spacial score (nSPS) is 36.9. The van der Waals surface area contributed by atoms with E-state index in [4.69, 9.17) is 4.74 Å². The number of hydrogen-bond acceptors (Lipinski definition) is 4. The van der Waals surface area contributed by atoms with Crippen molar-refractivity contribution < 1.29 is 14.6 Å². The van der Waals surface area contributed by atoms with E-state index in [1.165, 1.54) is 0 Å². The molecule has 0 bridgehead atoms. The molecule has 2 aliphatic rings. The molecule has 0 spiro atoms. The van der Waals surface area contributed by atoms with Crippen LogP contribution in [-0.4, -0.2) is 35.9 Å². The van der Waals surface area contributed by atoms with Crippen LogP contribution < -0.4 is 5.32 Å². The lowest BCUT2D eigenvalue weighted by molar-refractivity contribution is -0.158. The first-order valence-corrected chi connectivity index (χ1v) is 6.48. The van der Waals surface area contributed by atoms with E-state index >= 15 is 0 Å². The van der Waals surface area contributed by atoms with Crippen LogP contribution in [0.3, 0.4) is 0 Å². The predicted octanol–water partition coefficient (Wildman–Crippen LogP) is 0.935. The van der Waals surface area contributed by atoms with Crippen LogP contribution in [0.2, 0.25) is 0 Å². The number of aliphatic hydroxyl groups is 1. The van der Waals surface area contributed by atoms with Crippen LogP contribution in [-0.2, 0) is 9.53 Å². The lowest BCUT2D eigenvalue weighted by atomic mass is 9.94. The number of carbonyl (C=O) groups is 1. The van der Waals surface area contributed by atoms with Gasteiger partial charge in [-0.3, -0.25) is 4.79 Å². The van der Waals surface area contributed by atoms with Crippen LogP contribution in [0.15, 0.2) is 0 Å². The Morgan fingerprint density at radius 1 is 1.41 bits per heavy atom. The lowest BCUT2D eigenvalue weighted by Crippen LogP contribution is -2.41. The van der Waals surface area contributed by atoms with Crippen LogP contribution >= 0.6 is 0 Å². The minimum absolute atomic E-state index is 0.136. The lowest BCUT2D eigenvalue weighted by Gasteiger charge is -2.24. The van der Waals surface area contributed by atoms with E-state index in [-0.39, 0.29) is 18.6 Å². The van der Waals surface area contributed by atoms with E-state index in [0.717, 1.165) is 19.4 Å². The van der Waals surface area contributed by atoms with Crippen LogP contribution in [0.1, 0.15) is 33.6 Å².